The van der Waals surface area contributed by atoms with Crippen molar-refractivity contribution in [2.24, 2.45) is 0 Å². The summed E-state index contributed by atoms with van der Waals surface area (Å²) in [7, 11) is 1.55. The van der Waals surface area contributed by atoms with Crippen molar-refractivity contribution in [1.82, 2.24) is 4.90 Å². The highest BCUT2D eigenvalue weighted by molar-refractivity contribution is 6.31. The Balaban J connectivity index is 1.78. The van der Waals surface area contributed by atoms with Crippen molar-refractivity contribution in [1.29, 1.82) is 0 Å². The molecule has 1 fully saturated rings. The van der Waals surface area contributed by atoms with E-state index in [0.29, 0.717) is 27.6 Å². The molecular formula is C23H28ClN3O3. The molecule has 1 amide bonds. The first-order valence-corrected chi connectivity index (χ1v) is 10.5. The van der Waals surface area contributed by atoms with Crippen molar-refractivity contribution < 1.29 is 14.3 Å². The maximum absolute atomic E-state index is 12.9. The van der Waals surface area contributed by atoms with Crippen LogP contribution >= 0.6 is 11.6 Å². The third-order valence-corrected chi connectivity index (χ3v) is 5.67. The molecule has 0 bridgehead atoms. The molecule has 6 nitrogen and oxygen atoms in total. The molecule has 1 aliphatic rings. The predicted molar refractivity (Wildman–Crippen MR) is 121 cm³/mol. The highest BCUT2D eigenvalue weighted by Gasteiger charge is 2.20. The molecule has 1 aliphatic heterocycles. The largest absolute Gasteiger partial charge is 0.496 e. The van der Waals surface area contributed by atoms with E-state index in [1.54, 1.807) is 31.4 Å². The predicted octanol–water partition coefficient (Wildman–Crippen LogP) is 3.87. The smallest absolute Gasteiger partial charge is 0.228 e. The lowest BCUT2D eigenvalue weighted by molar-refractivity contribution is -0.115. The van der Waals surface area contributed by atoms with E-state index in [1.807, 2.05) is 12.1 Å². The molecule has 160 valence electrons. The number of amides is 1. The van der Waals surface area contributed by atoms with Crippen LogP contribution in [0.3, 0.4) is 0 Å². The first-order valence-electron chi connectivity index (χ1n) is 10.2. The van der Waals surface area contributed by atoms with Crippen LogP contribution in [0.5, 0.6) is 5.75 Å². The van der Waals surface area contributed by atoms with Gasteiger partial charge in [-0.3, -0.25) is 9.59 Å². The summed E-state index contributed by atoms with van der Waals surface area (Å²) in [4.78, 5) is 29.2. The minimum Gasteiger partial charge on any atom is -0.496 e. The number of Topliss-reactive ketones (excluding diaryl/α,β-unsaturated/α-hetero) is 1. The first-order chi connectivity index (χ1) is 14.4. The minimum atomic E-state index is -0.190. The van der Waals surface area contributed by atoms with Crippen LogP contribution in [0.15, 0.2) is 36.4 Å². The van der Waals surface area contributed by atoms with Gasteiger partial charge in [-0.2, -0.15) is 0 Å². The SMILES string of the molecule is CCN1CCN(c2ccc(Cl)cc2NC(=O)Cc2cc(C(C)=O)ccc2OC)CC1. The Hall–Kier alpha value is -2.57. The van der Waals surface area contributed by atoms with Crippen molar-refractivity contribution >= 4 is 34.7 Å². The number of hydrogen-bond donors (Lipinski definition) is 1. The standard InChI is InChI=1S/C23H28ClN3O3/c1-4-26-9-11-27(12-10-26)21-7-6-19(24)15-20(21)25-23(29)14-18-13-17(16(2)28)5-8-22(18)30-3/h5-8,13,15H,4,9-12,14H2,1-3H3,(H,25,29). The van der Waals surface area contributed by atoms with Gasteiger partial charge in [-0.1, -0.05) is 18.5 Å². The lowest BCUT2D eigenvalue weighted by Gasteiger charge is -2.36. The molecule has 0 atom stereocenters. The lowest BCUT2D eigenvalue weighted by Crippen LogP contribution is -2.46. The maximum atomic E-state index is 12.9. The van der Waals surface area contributed by atoms with Crippen LogP contribution in [0.1, 0.15) is 29.8 Å². The van der Waals surface area contributed by atoms with Gasteiger partial charge in [0.15, 0.2) is 5.78 Å². The van der Waals surface area contributed by atoms with E-state index in [1.165, 1.54) is 6.92 Å². The summed E-state index contributed by atoms with van der Waals surface area (Å²) in [5.41, 5.74) is 2.88. The zero-order chi connectivity index (χ0) is 21.7. The van der Waals surface area contributed by atoms with E-state index in [-0.39, 0.29) is 18.1 Å². The molecule has 0 aliphatic carbocycles. The number of carbonyl (C=O) groups excluding carboxylic acids is 2. The monoisotopic (exact) mass is 429 g/mol. The van der Waals surface area contributed by atoms with Crippen LogP contribution in [0.2, 0.25) is 5.02 Å². The highest BCUT2D eigenvalue weighted by Crippen LogP contribution is 2.30. The summed E-state index contributed by atoms with van der Waals surface area (Å²) < 4.78 is 5.36. The van der Waals surface area contributed by atoms with E-state index in [4.69, 9.17) is 16.3 Å². The van der Waals surface area contributed by atoms with E-state index < -0.39 is 0 Å². The fourth-order valence-corrected chi connectivity index (χ4v) is 3.86. The number of halogens is 1. The number of nitrogens with zero attached hydrogens (tertiary/aromatic N) is 2. The molecule has 0 spiro atoms. The van der Waals surface area contributed by atoms with Gasteiger partial charge in [0.2, 0.25) is 5.91 Å². The number of nitrogens with one attached hydrogen (secondary N) is 1. The molecule has 1 saturated heterocycles. The number of ether oxygens (including phenoxy) is 1. The Morgan fingerprint density at radius 1 is 1.10 bits per heavy atom. The Kier molecular flexibility index (Phi) is 7.34. The Morgan fingerprint density at radius 3 is 2.47 bits per heavy atom. The van der Waals surface area contributed by atoms with Gasteiger partial charge in [0, 0.05) is 42.3 Å². The van der Waals surface area contributed by atoms with Crippen molar-refractivity contribution in [2.45, 2.75) is 20.3 Å². The zero-order valence-electron chi connectivity index (χ0n) is 17.7. The minimum absolute atomic E-state index is 0.0531. The third kappa shape index (κ3) is 5.32. The van der Waals surface area contributed by atoms with Gasteiger partial charge in [-0.15, -0.1) is 0 Å². The second-order valence-electron chi connectivity index (χ2n) is 7.39. The van der Waals surface area contributed by atoms with Crippen molar-refractivity contribution in [2.75, 3.05) is 50.1 Å². The number of hydrogen-bond acceptors (Lipinski definition) is 5. The zero-order valence-corrected chi connectivity index (χ0v) is 18.5. The van der Waals surface area contributed by atoms with Crippen molar-refractivity contribution in [3.05, 3.63) is 52.5 Å². The number of piperazine rings is 1. The molecule has 2 aromatic carbocycles. The number of carbonyl (C=O) groups is 2. The van der Waals surface area contributed by atoms with Crippen molar-refractivity contribution in [3.8, 4) is 5.75 Å². The molecule has 0 unspecified atom stereocenters. The molecule has 3 rings (SSSR count). The molecule has 1 heterocycles. The highest BCUT2D eigenvalue weighted by atomic mass is 35.5. The molecule has 7 heteroatoms. The van der Waals surface area contributed by atoms with E-state index >= 15 is 0 Å². The molecule has 0 radical (unpaired) electrons. The summed E-state index contributed by atoms with van der Waals surface area (Å²) in [6.45, 7) is 8.48. The second-order valence-corrected chi connectivity index (χ2v) is 7.83. The fourth-order valence-electron chi connectivity index (χ4n) is 3.69. The Bertz CT molecular complexity index is 924. The Morgan fingerprint density at radius 2 is 1.83 bits per heavy atom. The number of methoxy groups -OCH3 is 1. The summed E-state index contributed by atoms with van der Waals surface area (Å²) in [5.74, 6) is 0.338. The van der Waals surface area contributed by atoms with Gasteiger partial charge in [0.1, 0.15) is 5.75 Å². The normalized spacial score (nSPS) is 14.5. The Labute approximate surface area is 182 Å². The lowest BCUT2D eigenvalue weighted by atomic mass is 10.0. The number of benzene rings is 2. The maximum Gasteiger partial charge on any atom is 0.228 e. The topological polar surface area (TPSA) is 61.9 Å². The van der Waals surface area contributed by atoms with Crippen LogP contribution in [0.4, 0.5) is 11.4 Å². The summed E-state index contributed by atoms with van der Waals surface area (Å²) in [6.07, 6.45) is 0.0971. The van der Waals surface area contributed by atoms with Gasteiger partial charge in [-0.25, -0.2) is 0 Å². The number of ketones is 1. The quantitative estimate of drug-likeness (QED) is 0.677. The average molecular weight is 430 g/mol. The molecule has 2 aromatic rings. The number of likely N-dealkylation sites (N-methyl/N-ethyl adjacent to an activating group) is 1. The van der Waals surface area contributed by atoms with Crippen LogP contribution < -0.4 is 15.0 Å². The summed E-state index contributed by atoms with van der Waals surface area (Å²) >= 11 is 6.21. The third-order valence-electron chi connectivity index (χ3n) is 5.43. The van der Waals surface area contributed by atoms with Crippen molar-refractivity contribution in [3.63, 3.8) is 0 Å². The first kappa shape index (κ1) is 22.1. The molecule has 0 saturated carbocycles. The van der Waals surface area contributed by atoms with Gasteiger partial charge in [0.25, 0.3) is 0 Å². The molecule has 0 aromatic heterocycles. The molecular weight excluding hydrogens is 402 g/mol. The fraction of sp³-hybridized carbons (Fsp3) is 0.391. The summed E-state index contributed by atoms with van der Waals surface area (Å²) in [6, 6.07) is 10.7. The van der Waals surface area contributed by atoms with Gasteiger partial charge >= 0.3 is 0 Å². The van der Waals surface area contributed by atoms with Crippen LogP contribution in [-0.2, 0) is 11.2 Å². The number of anilines is 2. The second kappa shape index (κ2) is 9.96. The summed E-state index contributed by atoms with van der Waals surface area (Å²) in [5, 5.41) is 3.57. The van der Waals surface area contributed by atoms with Gasteiger partial charge < -0.3 is 19.9 Å². The number of rotatable bonds is 7. The van der Waals surface area contributed by atoms with Gasteiger partial charge in [0.05, 0.1) is 24.9 Å². The van der Waals surface area contributed by atoms with E-state index in [2.05, 4.69) is 22.0 Å². The van der Waals surface area contributed by atoms with Crippen LogP contribution in [0, 0.1) is 0 Å². The average Bonchev–Trinajstić information content (AvgIpc) is 2.74. The van der Waals surface area contributed by atoms with Crippen LogP contribution in [0.25, 0.3) is 0 Å². The van der Waals surface area contributed by atoms with E-state index in [9.17, 15) is 9.59 Å². The van der Waals surface area contributed by atoms with Crippen LogP contribution in [-0.4, -0.2) is 56.4 Å². The van der Waals surface area contributed by atoms with E-state index in [0.717, 1.165) is 38.4 Å². The molecule has 1 N–H and O–H groups in total. The molecule has 30 heavy (non-hydrogen) atoms. The van der Waals surface area contributed by atoms with Gasteiger partial charge in [-0.05, 0) is 49.9 Å².